The molecule has 21 heavy (non-hydrogen) atoms. The molecule has 0 fully saturated rings. The maximum atomic E-state index is 11.8. The number of fused-ring (bicyclic) bond motifs is 1. The molecule has 1 aliphatic carbocycles. The first kappa shape index (κ1) is 16.6. The van der Waals surface area contributed by atoms with Gasteiger partial charge in [0.1, 0.15) is 0 Å². The first-order valence-electron chi connectivity index (χ1n) is 7.37. The summed E-state index contributed by atoms with van der Waals surface area (Å²) in [6, 6.07) is 0. The van der Waals surface area contributed by atoms with Crippen LogP contribution in [0.25, 0.3) is 0 Å². The Kier molecular flexibility index (Phi) is 5.49. The molecule has 116 valence electrons. The van der Waals surface area contributed by atoms with E-state index in [1.807, 2.05) is 6.08 Å². The Morgan fingerprint density at radius 3 is 3.00 bits per heavy atom. The maximum Gasteiger partial charge on any atom is 0.236 e. The highest BCUT2D eigenvalue weighted by Crippen LogP contribution is 2.40. The lowest BCUT2D eigenvalue weighted by molar-refractivity contribution is -0.113. The Morgan fingerprint density at radius 1 is 1.57 bits per heavy atom. The lowest BCUT2D eigenvalue weighted by atomic mass is 9.73. The minimum atomic E-state index is 0.0281. The number of hydrogen-bond donors (Lipinski definition) is 1. The highest BCUT2D eigenvalue weighted by Gasteiger charge is 2.30. The third-order valence-corrected chi connectivity index (χ3v) is 5.85. The van der Waals surface area contributed by atoms with Crippen LogP contribution in [0.5, 0.6) is 0 Å². The van der Waals surface area contributed by atoms with E-state index in [2.05, 4.69) is 37.7 Å². The topological polar surface area (TPSA) is 42.0 Å². The van der Waals surface area contributed by atoms with Crippen LogP contribution in [0.1, 0.15) is 37.8 Å². The molecule has 2 rings (SSSR count). The Labute approximate surface area is 135 Å². The van der Waals surface area contributed by atoms with E-state index in [9.17, 15) is 4.79 Å². The molecule has 3 nitrogen and oxygen atoms in total. The number of rotatable bonds is 5. The van der Waals surface area contributed by atoms with Crippen molar-refractivity contribution < 1.29 is 4.79 Å². The minimum absolute atomic E-state index is 0.0281. The fourth-order valence-corrected chi connectivity index (χ4v) is 4.20. The van der Waals surface area contributed by atoms with Crippen molar-refractivity contribution in [1.29, 1.82) is 0 Å². The van der Waals surface area contributed by atoms with Crippen molar-refractivity contribution in [2.24, 2.45) is 11.3 Å². The average molecular weight is 325 g/mol. The Morgan fingerprint density at radius 2 is 2.33 bits per heavy atom. The first-order valence-corrected chi connectivity index (χ1v) is 9.34. The van der Waals surface area contributed by atoms with Gasteiger partial charge in [0.05, 0.1) is 11.4 Å². The molecule has 1 aromatic rings. The van der Waals surface area contributed by atoms with Gasteiger partial charge in [-0.1, -0.05) is 26.8 Å². The lowest BCUT2D eigenvalue weighted by Gasteiger charge is -2.33. The van der Waals surface area contributed by atoms with Gasteiger partial charge < -0.3 is 5.32 Å². The third kappa shape index (κ3) is 4.58. The molecular formula is C16H24N2OS2. The molecule has 0 spiro atoms. The van der Waals surface area contributed by atoms with Crippen LogP contribution in [-0.4, -0.2) is 22.4 Å². The molecule has 0 saturated carbocycles. The fourth-order valence-electron chi connectivity index (χ4n) is 2.56. The number of anilines is 1. The van der Waals surface area contributed by atoms with Crippen LogP contribution in [0.4, 0.5) is 5.13 Å². The molecule has 1 unspecified atom stereocenters. The SMILES string of the molecule is C=CCSCC(=O)Nc1nc2c(s1)CC(C(C)(C)C)CC2. The number of carbonyl (C=O) groups is 1. The van der Waals surface area contributed by atoms with Gasteiger partial charge in [-0.2, -0.15) is 0 Å². The largest absolute Gasteiger partial charge is 0.301 e. The standard InChI is InChI=1S/C16H24N2OS2/c1-5-8-20-10-14(19)18-15-17-12-7-6-11(16(2,3)4)9-13(12)21-15/h5,11H,1,6-10H2,2-4H3,(H,17,18,19). The minimum Gasteiger partial charge on any atom is -0.301 e. The normalized spacial score (nSPS) is 18.1. The molecule has 0 aromatic carbocycles. The van der Waals surface area contributed by atoms with Crippen LogP contribution in [0, 0.1) is 11.3 Å². The predicted octanol–water partition coefficient (Wildman–Crippen LogP) is 4.15. The Bertz CT molecular complexity index is 517. The van der Waals surface area contributed by atoms with Crippen molar-refractivity contribution >= 4 is 34.1 Å². The molecule has 0 aliphatic heterocycles. The van der Waals surface area contributed by atoms with Crippen LogP contribution in [0.15, 0.2) is 12.7 Å². The molecular weight excluding hydrogens is 300 g/mol. The molecule has 5 heteroatoms. The van der Waals surface area contributed by atoms with Gasteiger partial charge in [0.2, 0.25) is 5.91 Å². The molecule has 1 amide bonds. The van der Waals surface area contributed by atoms with Crippen molar-refractivity contribution in [3.8, 4) is 0 Å². The van der Waals surface area contributed by atoms with E-state index in [1.165, 1.54) is 17.0 Å². The van der Waals surface area contributed by atoms with Gasteiger partial charge in [-0.05, 0) is 30.6 Å². The Balaban J connectivity index is 1.95. The van der Waals surface area contributed by atoms with Gasteiger partial charge in [-0.15, -0.1) is 29.7 Å². The van der Waals surface area contributed by atoms with E-state index >= 15 is 0 Å². The Hall–Kier alpha value is -0.810. The van der Waals surface area contributed by atoms with Gasteiger partial charge in [0.25, 0.3) is 0 Å². The number of nitrogens with one attached hydrogen (secondary N) is 1. The number of aryl methyl sites for hydroxylation is 1. The smallest absolute Gasteiger partial charge is 0.236 e. The van der Waals surface area contributed by atoms with E-state index in [1.54, 1.807) is 23.1 Å². The molecule has 0 bridgehead atoms. The number of nitrogens with zero attached hydrogens (tertiary/aromatic N) is 1. The van der Waals surface area contributed by atoms with E-state index < -0.39 is 0 Å². The summed E-state index contributed by atoms with van der Waals surface area (Å²) in [5.41, 5.74) is 1.53. The van der Waals surface area contributed by atoms with Crippen LogP contribution < -0.4 is 5.32 Å². The summed E-state index contributed by atoms with van der Waals surface area (Å²) in [4.78, 5) is 17.8. The molecule has 1 aliphatic rings. The second-order valence-corrected chi connectivity index (χ2v) is 8.66. The highest BCUT2D eigenvalue weighted by molar-refractivity contribution is 8.00. The number of carbonyl (C=O) groups excluding carboxylic acids is 1. The van der Waals surface area contributed by atoms with Gasteiger partial charge in [-0.3, -0.25) is 4.79 Å². The van der Waals surface area contributed by atoms with E-state index in [0.29, 0.717) is 17.1 Å². The summed E-state index contributed by atoms with van der Waals surface area (Å²) in [5, 5.41) is 3.69. The van der Waals surface area contributed by atoms with Gasteiger partial charge in [0, 0.05) is 10.6 Å². The summed E-state index contributed by atoms with van der Waals surface area (Å²) in [6.07, 6.45) is 5.14. The van der Waals surface area contributed by atoms with Crippen LogP contribution in [-0.2, 0) is 17.6 Å². The zero-order chi connectivity index (χ0) is 15.5. The second kappa shape index (κ2) is 6.97. The first-order chi connectivity index (χ1) is 9.90. The molecule has 1 heterocycles. The summed E-state index contributed by atoms with van der Waals surface area (Å²) in [6.45, 7) is 10.6. The van der Waals surface area contributed by atoms with Gasteiger partial charge >= 0.3 is 0 Å². The van der Waals surface area contributed by atoms with Crippen LogP contribution >= 0.6 is 23.1 Å². The van der Waals surface area contributed by atoms with Crippen molar-refractivity contribution in [2.45, 2.75) is 40.0 Å². The predicted molar refractivity (Wildman–Crippen MR) is 93.2 cm³/mol. The van der Waals surface area contributed by atoms with Crippen LogP contribution in [0.3, 0.4) is 0 Å². The average Bonchev–Trinajstić information content (AvgIpc) is 2.78. The zero-order valence-electron chi connectivity index (χ0n) is 13.1. The second-order valence-electron chi connectivity index (χ2n) is 6.55. The van der Waals surface area contributed by atoms with E-state index in [4.69, 9.17) is 0 Å². The molecule has 1 atom stereocenters. The molecule has 1 aromatic heterocycles. The lowest BCUT2D eigenvalue weighted by Crippen LogP contribution is -2.26. The molecule has 0 saturated heterocycles. The zero-order valence-corrected chi connectivity index (χ0v) is 14.7. The summed E-state index contributed by atoms with van der Waals surface area (Å²) < 4.78 is 0. The molecule has 0 radical (unpaired) electrons. The monoisotopic (exact) mass is 324 g/mol. The van der Waals surface area contributed by atoms with Gasteiger partial charge in [0.15, 0.2) is 5.13 Å². The maximum absolute atomic E-state index is 11.8. The van der Waals surface area contributed by atoms with Gasteiger partial charge in [-0.25, -0.2) is 4.98 Å². The third-order valence-electron chi connectivity index (χ3n) is 3.88. The van der Waals surface area contributed by atoms with Crippen LogP contribution in [0.2, 0.25) is 0 Å². The summed E-state index contributed by atoms with van der Waals surface area (Å²) in [5.74, 6) is 1.99. The number of thiazole rings is 1. The van der Waals surface area contributed by atoms with Crippen molar-refractivity contribution in [2.75, 3.05) is 16.8 Å². The fraction of sp³-hybridized carbons (Fsp3) is 0.625. The number of aromatic nitrogens is 1. The van der Waals surface area contributed by atoms with Crippen molar-refractivity contribution in [3.63, 3.8) is 0 Å². The summed E-state index contributed by atoms with van der Waals surface area (Å²) >= 11 is 3.22. The highest BCUT2D eigenvalue weighted by atomic mass is 32.2. The number of amides is 1. The molecule has 1 N–H and O–H groups in total. The van der Waals surface area contributed by atoms with Crippen molar-refractivity contribution in [3.05, 3.63) is 23.2 Å². The number of hydrogen-bond acceptors (Lipinski definition) is 4. The van der Waals surface area contributed by atoms with E-state index in [0.717, 1.165) is 23.7 Å². The number of thioether (sulfide) groups is 1. The van der Waals surface area contributed by atoms with E-state index in [-0.39, 0.29) is 5.91 Å². The van der Waals surface area contributed by atoms with Crippen molar-refractivity contribution in [1.82, 2.24) is 4.98 Å². The summed E-state index contributed by atoms with van der Waals surface area (Å²) in [7, 11) is 0. The quantitative estimate of drug-likeness (QED) is 0.653.